The number of Topliss-reactive ketones (excluding diaryl/α,β-unsaturated/α-hetero) is 1. The van der Waals surface area contributed by atoms with Crippen molar-refractivity contribution in [1.29, 1.82) is 0 Å². The standard InChI is InChI=1S/C21H21NO3/c1-15(23)19(21(24)22-18-11-12-18)13-17-9-5-6-10-20(17)25-14-16-7-3-2-4-8-16/h2-10,13,18H,11-12,14H2,1H3,(H,22,24). The Morgan fingerprint density at radius 1 is 1.08 bits per heavy atom. The first-order valence-electron chi connectivity index (χ1n) is 8.43. The topological polar surface area (TPSA) is 55.4 Å². The average Bonchev–Trinajstić information content (AvgIpc) is 3.43. The molecule has 0 spiro atoms. The van der Waals surface area contributed by atoms with E-state index in [4.69, 9.17) is 4.74 Å². The zero-order valence-corrected chi connectivity index (χ0v) is 14.2. The molecular weight excluding hydrogens is 314 g/mol. The van der Waals surface area contributed by atoms with Gasteiger partial charge in [0.05, 0.1) is 5.57 Å². The zero-order chi connectivity index (χ0) is 17.6. The van der Waals surface area contributed by atoms with E-state index >= 15 is 0 Å². The largest absolute Gasteiger partial charge is 0.488 e. The van der Waals surface area contributed by atoms with Crippen LogP contribution in [0, 0.1) is 0 Å². The van der Waals surface area contributed by atoms with Gasteiger partial charge in [-0.3, -0.25) is 9.59 Å². The lowest BCUT2D eigenvalue weighted by molar-refractivity contribution is -0.121. The molecule has 0 unspecified atom stereocenters. The number of ketones is 1. The summed E-state index contributed by atoms with van der Waals surface area (Å²) in [5, 5.41) is 2.86. The normalized spacial score (nSPS) is 14.0. The average molecular weight is 335 g/mol. The van der Waals surface area contributed by atoms with Crippen molar-refractivity contribution in [3.63, 3.8) is 0 Å². The second kappa shape index (κ2) is 7.79. The Morgan fingerprint density at radius 2 is 1.76 bits per heavy atom. The fourth-order valence-corrected chi connectivity index (χ4v) is 2.44. The van der Waals surface area contributed by atoms with Gasteiger partial charge in [0.2, 0.25) is 0 Å². The fraction of sp³-hybridized carbons (Fsp3) is 0.238. The third-order valence-electron chi connectivity index (χ3n) is 3.99. The summed E-state index contributed by atoms with van der Waals surface area (Å²) < 4.78 is 5.89. The van der Waals surface area contributed by atoms with E-state index in [1.807, 2.05) is 54.6 Å². The van der Waals surface area contributed by atoms with Crippen LogP contribution in [-0.2, 0) is 16.2 Å². The summed E-state index contributed by atoms with van der Waals surface area (Å²) in [7, 11) is 0. The van der Waals surface area contributed by atoms with Gasteiger partial charge in [0.25, 0.3) is 5.91 Å². The predicted molar refractivity (Wildman–Crippen MR) is 97.0 cm³/mol. The van der Waals surface area contributed by atoms with Crippen LogP contribution in [0.5, 0.6) is 5.75 Å². The van der Waals surface area contributed by atoms with Crippen molar-refractivity contribution in [3.8, 4) is 5.75 Å². The SMILES string of the molecule is CC(=O)C(=Cc1ccccc1OCc1ccccc1)C(=O)NC1CC1. The number of nitrogens with one attached hydrogen (secondary N) is 1. The monoisotopic (exact) mass is 335 g/mol. The van der Waals surface area contributed by atoms with Gasteiger partial charge in [-0.25, -0.2) is 0 Å². The second-order valence-electron chi connectivity index (χ2n) is 6.17. The molecular formula is C21H21NO3. The fourth-order valence-electron chi connectivity index (χ4n) is 2.44. The lowest BCUT2D eigenvalue weighted by atomic mass is 10.1. The summed E-state index contributed by atoms with van der Waals surface area (Å²) in [5.74, 6) is 0.0770. The number of benzene rings is 2. The third kappa shape index (κ3) is 4.80. The van der Waals surface area contributed by atoms with Crippen LogP contribution in [-0.4, -0.2) is 17.7 Å². The molecule has 25 heavy (non-hydrogen) atoms. The molecule has 4 nitrogen and oxygen atoms in total. The van der Waals surface area contributed by atoms with Gasteiger partial charge in [0.1, 0.15) is 12.4 Å². The molecule has 1 aliphatic carbocycles. The highest BCUT2D eigenvalue weighted by atomic mass is 16.5. The lowest BCUT2D eigenvalue weighted by Crippen LogP contribution is -2.29. The quantitative estimate of drug-likeness (QED) is 0.478. The Hall–Kier alpha value is -2.88. The van der Waals surface area contributed by atoms with E-state index in [9.17, 15) is 9.59 Å². The van der Waals surface area contributed by atoms with Crippen molar-refractivity contribution < 1.29 is 14.3 Å². The Labute approximate surface area is 147 Å². The van der Waals surface area contributed by atoms with Crippen LogP contribution in [0.1, 0.15) is 30.9 Å². The Morgan fingerprint density at radius 3 is 2.44 bits per heavy atom. The second-order valence-corrected chi connectivity index (χ2v) is 6.17. The van der Waals surface area contributed by atoms with Gasteiger partial charge in [0.15, 0.2) is 5.78 Å². The highest BCUT2D eigenvalue weighted by Gasteiger charge is 2.26. The highest BCUT2D eigenvalue weighted by molar-refractivity contribution is 6.21. The smallest absolute Gasteiger partial charge is 0.255 e. The first-order chi connectivity index (χ1) is 12.1. The van der Waals surface area contributed by atoms with Crippen LogP contribution in [0.4, 0.5) is 0 Å². The van der Waals surface area contributed by atoms with Gasteiger partial charge in [0, 0.05) is 11.6 Å². The molecule has 0 heterocycles. The number of hydrogen-bond donors (Lipinski definition) is 1. The number of hydrogen-bond acceptors (Lipinski definition) is 3. The summed E-state index contributed by atoms with van der Waals surface area (Å²) in [6.07, 6.45) is 3.57. The Kier molecular flexibility index (Phi) is 5.29. The number of amides is 1. The molecule has 0 bridgehead atoms. The van der Waals surface area contributed by atoms with E-state index in [0.29, 0.717) is 12.4 Å². The lowest BCUT2D eigenvalue weighted by Gasteiger charge is -2.11. The van der Waals surface area contributed by atoms with E-state index in [0.717, 1.165) is 24.0 Å². The van der Waals surface area contributed by atoms with Crippen LogP contribution in [0.2, 0.25) is 0 Å². The van der Waals surface area contributed by atoms with Gasteiger partial charge in [-0.15, -0.1) is 0 Å². The molecule has 1 N–H and O–H groups in total. The van der Waals surface area contributed by atoms with E-state index in [-0.39, 0.29) is 23.3 Å². The summed E-state index contributed by atoms with van der Waals surface area (Å²) >= 11 is 0. The molecule has 0 radical (unpaired) electrons. The van der Waals surface area contributed by atoms with Gasteiger partial charge in [-0.05, 0) is 37.5 Å². The minimum atomic E-state index is -0.312. The zero-order valence-electron chi connectivity index (χ0n) is 14.2. The molecule has 0 aliphatic heterocycles. The number of rotatable bonds is 7. The number of carbonyl (C=O) groups is 2. The van der Waals surface area contributed by atoms with Crippen molar-refractivity contribution in [2.45, 2.75) is 32.4 Å². The molecule has 128 valence electrons. The van der Waals surface area contributed by atoms with Gasteiger partial charge in [-0.2, -0.15) is 0 Å². The maximum Gasteiger partial charge on any atom is 0.255 e. The van der Waals surface area contributed by atoms with Crippen molar-refractivity contribution in [1.82, 2.24) is 5.32 Å². The Balaban J connectivity index is 1.80. The van der Waals surface area contributed by atoms with Crippen molar-refractivity contribution in [3.05, 3.63) is 71.3 Å². The van der Waals surface area contributed by atoms with Crippen molar-refractivity contribution in [2.75, 3.05) is 0 Å². The summed E-state index contributed by atoms with van der Waals surface area (Å²) in [6.45, 7) is 1.83. The van der Waals surface area contributed by atoms with Gasteiger partial charge < -0.3 is 10.1 Å². The van der Waals surface area contributed by atoms with Crippen LogP contribution in [0.25, 0.3) is 6.08 Å². The van der Waals surface area contributed by atoms with Crippen LogP contribution in [0.15, 0.2) is 60.2 Å². The number of ether oxygens (including phenoxy) is 1. The summed E-state index contributed by atoms with van der Waals surface area (Å²) in [5.41, 5.74) is 1.93. The van der Waals surface area contributed by atoms with Crippen LogP contribution in [0.3, 0.4) is 0 Å². The Bertz CT molecular complexity index is 792. The maximum atomic E-state index is 12.3. The van der Waals surface area contributed by atoms with Gasteiger partial charge >= 0.3 is 0 Å². The highest BCUT2D eigenvalue weighted by Crippen LogP contribution is 2.24. The van der Waals surface area contributed by atoms with E-state index in [1.54, 1.807) is 6.08 Å². The van der Waals surface area contributed by atoms with Gasteiger partial charge in [-0.1, -0.05) is 48.5 Å². The van der Waals surface area contributed by atoms with Crippen LogP contribution < -0.4 is 10.1 Å². The summed E-state index contributed by atoms with van der Waals surface area (Å²) in [6, 6.07) is 17.5. The van der Waals surface area contributed by atoms with Crippen molar-refractivity contribution in [2.24, 2.45) is 0 Å². The molecule has 4 heteroatoms. The summed E-state index contributed by atoms with van der Waals surface area (Å²) in [4.78, 5) is 24.2. The van der Waals surface area contributed by atoms with Crippen LogP contribution >= 0.6 is 0 Å². The first-order valence-corrected chi connectivity index (χ1v) is 8.43. The molecule has 0 aromatic heterocycles. The molecule has 1 saturated carbocycles. The molecule has 0 atom stereocenters. The third-order valence-corrected chi connectivity index (χ3v) is 3.99. The molecule has 1 amide bonds. The molecule has 3 rings (SSSR count). The first kappa shape index (κ1) is 17.0. The number of para-hydroxylation sites is 1. The van der Waals surface area contributed by atoms with Crippen molar-refractivity contribution >= 4 is 17.8 Å². The molecule has 2 aromatic carbocycles. The molecule has 1 aliphatic rings. The predicted octanol–water partition coefficient (Wildman–Crippen LogP) is 3.52. The molecule has 1 fully saturated rings. The van der Waals surface area contributed by atoms with E-state index in [2.05, 4.69) is 5.32 Å². The number of carbonyl (C=O) groups excluding carboxylic acids is 2. The minimum Gasteiger partial charge on any atom is -0.488 e. The molecule has 0 saturated heterocycles. The molecule has 2 aromatic rings. The maximum absolute atomic E-state index is 12.3. The van der Waals surface area contributed by atoms with E-state index in [1.165, 1.54) is 6.92 Å². The van der Waals surface area contributed by atoms with E-state index < -0.39 is 0 Å². The minimum absolute atomic E-state index is 0.155.